The Morgan fingerprint density at radius 2 is 2.00 bits per heavy atom. The highest BCUT2D eigenvalue weighted by Crippen LogP contribution is 2.20. The summed E-state index contributed by atoms with van der Waals surface area (Å²) in [6, 6.07) is 0. The van der Waals surface area contributed by atoms with Crippen LogP contribution in [0.2, 0.25) is 0 Å². The Hall–Kier alpha value is -0.160. The molecule has 2 fully saturated rings. The lowest BCUT2D eigenvalue weighted by Gasteiger charge is -2.36. The lowest BCUT2D eigenvalue weighted by molar-refractivity contribution is -0.127. The number of morpholine rings is 1. The Bertz CT molecular complexity index is 245. The average Bonchev–Trinajstić information content (AvgIpc) is 2.63. The van der Waals surface area contributed by atoms with Crippen LogP contribution >= 0.6 is 0 Å². The molecule has 3 atom stereocenters. The first kappa shape index (κ1) is 13.3. The molecule has 2 aliphatic heterocycles. The summed E-state index contributed by atoms with van der Waals surface area (Å²) in [6.45, 7) is 9.48. The van der Waals surface area contributed by atoms with Crippen LogP contribution in [0.25, 0.3) is 0 Å². The molecule has 2 heterocycles. The minimum absolute atomic E-state index is 0.0787. The van der Waals surface area contributed by atoms with Gasteiger partial charge in [-0.3, -0.25) is 0 Å². The number of nitrogens with one attached hydrogen (secondary N) is 1. The van der Waals surface area contributed by atoms with E-state index in [9.17, 15) is 0 Å². The molecular weight excluding hydrogens is 218 g/mol. The highest BCUT2D eigenvalue weighted by molar-refractivity contribution is 4.81. The van der Waals surface area contributed by atoms with Gasteiger partial charge in [0.1, 0.15) is 0 Å². The summed E-state index contributed by atoms with van der Waals surface area (Å²) < 4.78 is 17.4. The number of hydrogen-bond donors (Lipinski definition) is 1. The molecule has 4 heteroatoms. The third kappa shape index (κ3) is 4.21. The zero-order chi connectivity index (χ0) is 12.3. The van der Waals surface area contributed by atoms with Crippen molar-refractivity contribution < 1.29 is 14.2 Å². The van der Waals surface area contributed by atoms with Crippen molar-refractivity contribution in [3.8, 4) is 0 Å². The Labute approximate surface area is 104 Å². The second-order valence-electron chi connectivity index (χ2n) is 5.81. The van der Waals surface area contributed by atoms with Crippen molar-refractivity contribution in [1.29, 1.82) is 0 Å². The van der Waals surface area contributed by atoms with Gasteiger partial charge < -0.3 is 19.5 Å². The highest BCUT2D eigenvalue weighted by atomic mass is 16.6. The highest BCUT2D eigenvalue weighted by Gasteiger charge is 2.29. The normalized spacial score (nSPS) is 37.2. The molecule has 17 heavy (non-hydrogen) atoms. The van der Waals surface area contributed by atoms with Crippen LogP contribution in [-0.2, 0) is 14.2 Å². The molecular formula is C13H25NO3. The quantitative estimate of drug-likeness (QED) is 0.809. The monoisotopic (exact) mass is 243 g/mol. The lowest BCUT2D eigenvalue weighted by atomic mass is 10.1. The van der Waals surface area contributed by atoms with Gasteiger partial charge in [-0.15, -0.1) is 0 Å². The molecule has 0 aromatic carbocycles. The zero-order valence-corrected chi connectivity index (χ0v) is 11.2. The van der Waals surface area contributed by atoms with Gasteiger partial charge in [0.15, 0.2) is 0 Å². The summed E-state index contributed by atoms with van der Waals surface area (Å²) in [5.41, 5.74) is -0.0787. The van der Waals surface area contributed by atoms with Crippen molar-refractivity contribution in [2.75, 3.05) is 26.3 Å². The van der Waals surface area contributed by atoms with Crippen molar-refractivity contribution in [3.05, 3.63) is 0 Å². The number of hydrogen-bond acceptors (Lipinski definition) is 4. The SMILES string of the molecule is CC1CCC(COCC2CNCC(C)(C)O2)O1. The maximum absolute atomic E-state index is 5.93. The van der Waals surface area contributed by atoms with Crippen molar-refractivity contribution in [3.63, 3.8) is 0 Å². The molecule has 2 aliphatic rings. The lowest BCUT2D eigenvalue weighted by Crippen LogP contribution is -2.52. The Balaban J connectivity index is 1.62. The first-order valence-corrected chi connectivity index (χ1v) is 6.67. The van der Waals surface area contributed by atoms with E-state index in [-0.39, 0.29) is 17.8 Å². The fraction of sp³-hybridized carbons (Fsp3) is 1.00. The zero-order valence-electron chi connectivity index (χ0n) is 11.2. The molecule has 0 spiro atoms. The van der Waals surface area contributed by atoms with Gasteiger partial charge in [-0.2, -0.15) is 0 Å². The summed E-state index contributed by atoms with van der Waals surface area (Å²) in [5, 5.41) is 3.37. The van der Waals surface area contributed by atoms with Gasteiger partial charge >= 0.3 is 0 Å². The van der Waals surface area contributed by atoms with Gasteiger partial charge in [-0.1, -0.05) is 0 Å². The Morgan fingerprint density at radius 1 is 1.24 bits per heavy atom. The van der Waals surface area contributed by atoms with Crippen LogP contribution in [0.4, 0.5) is 0 Å². The van der Waals surface area contributed by atoms with Crippen LogP contribution in [0.3, 0.4) is 0 Å². The summed E-state index contributed by atoms with van der Waals surface area (Å²) in [4.78, 5) is 0. The van der Waals surface area contributed by atoms with E-state index in [0.717, 1.165) is 25.9 Å². The van der Waals surface area contributed by atoms with Crippen LogP contribution in [0, 0.1) is 0 Å². The Kier molecular flexibility index (Phi) is 4.42. The van der Waals surface area contributed by atoms with Crippen LogP contribution in [0.15, 0.2) is 0 Å². The largest absolute Gasteiger partial charge is 0.376 e. The second kappa shape index (κ2) is 5.65. The fourth-order valence-electron chi connectivity index (χ4n) is 2.50. The topological polar surface area (TPSA) is 39.7 Å². The minimum Gasteiger partial charge on any atom is -0.376 e. The average molecular weight is 243 g/mol. The summed E-state index contributed by atoms with van der Waals surface area (Å²) in [7, 11) is 0. The molecule has 0 aromatic rings. The molecule has 0 aromatic heterocycles. The van der Waals surface area contributed by atoms with Crippen molar-refractivity contribution in [2.45, 2.75) is 57.5 Å². The van der Waals surface area contributed by atoms with Crippen LogP contribution < -0.4 is 5.32 Å². The van der Waals surface area contributed by atoms with Crippen molar-refractivity contribution >= 4 is 0 Å². The van der Waals surface area contributed by atoms with E-state index >= 15 is 0 Å². The van der Waals surface area contributed by atoms with E-state index in [1.807, 2.05) is 0 Å². The van der Waals surface area contributed by atoms with E-state index < -0.39 is 0 Å². The van der Waals surface area contributed by atoms with Crippen LogP contribution in [-0.4, -0.2) is 50.2 Å². The van der Waals surface area contributed by atoms with Crippen molar-refractivity contribution in [1.82, 2.24) is 5.32 Å². The Morgan fingerprint density at radius 3 is 2.65 bits per heavy atom. The second-order valence-corrected chi connectivity index (χ2v) is 5.81. The summed E-state index contributed by atoms with van der Waals surface area (Å²) in [6.07, 6.45) is 3.13. The van der Waals surface area contributed by atoms with Gasteiger partial charge in [0, 0.05) is 13.1 Å². The maximum atomic E-state index is 5.93. The summed E-state index contributed by atoms with van der Waals surface area (Å²) >= 11 is 0. The number of rotatable bonds is 4. The minimum atomic E-state index is -0.0787. The van der Waals surface area contributed by atoms with E-state index in [4.69, 9.17) is 14.2 Å². The van der Waals surface area contributed by atoms with Gasteiger partial charge in [0.2, 0.25) is 0 Å². The van der Waals surface area contributed by atoms with Gasteiger partial charge in [-0.25, -0.2) is 0 Å². The predicted molar refractivity (Wildman–Crippen MR) is 66.2 cm³/mol. The molecule has 3 unspecified atom stereocenters. The molecule has 4 nitrogen and oxygen atoms in total. The van der Waals surface area contributed by atoms with E-state index in [0.29, 0.717) is 19.3 Å². The fourth-order valence-corrected chi connectivity index (χ4v) is 2.50. The molecule has 0 saturated carbocycles. The van der Waals surface area contributed by atoms with Gasteiger partial charge in [-0.05, 0) is 33.6 Å². The molecule has 0 aliphatic carbocycles. The molecule has 0 amide bonds. The third-order valence-corrected chi connectivity index (χ3v) is 3.34. The van der Waals surface area contributed by atoms with E-state index in [1.54, 1.807) is 0 Å². The first-order chi connectivity index (χ1) is 8.05. The van der Waals surface area contributed by atoms with E-state index in [2.05, 4.69) is 26.1 Å². The summed E-state index contributed by atoms with van der Waals surface area (Å²) in [5.74, 6) is 0. The smallest absolute Gasteiger partial charge is 0.0940 e. The van der Waals surface area contributed by atoms with Gasteiger partial charge in [0.25, 0.3) is 0 Å². The third-order valence-electron chi connectivity index (χ3n) is 3.34. The van der Waals surface area contributed by atoms with Crippen molar-refractivity contribution in [2.24, 2.45) is 0 Å². The molecule has 0 radical (unpaired) electrons. The molecule has 2 rings (SSSR count). The standard InChI is InChI=1S/C13H25NO3/c1-10-4-5-11(16-10)7-15-8-12-6-14-9-13(2,3)17-12/h10-12,14H,4-9H2,1-3H3. The number of ether oxygens (including phenoxy) is 3. The van der Waals surface area contributed by atoms with Crippen LogP contribution in [0.5, 0.6) is 0 Å². The predicted octanol–water partition coefficient (Wildman–Crippen LogP) is 1.34. The van der Waals surface area contributed by atoms with Gasteiger partial charge in [0.05, 0.1) is 37.1 Å². The van der Waals surface area contributed by atoms with Crippen LogP contribution in [0.1, 0.15) is 33.6 Å². The van der Waals surface area contributed by atoms with E-state index in [1.165, 1.54) is 0 Å². The molecule has 100 valence electrons. The maximum Gasteiger partial charge on any atom is 0.0940 e. The molecule has 2 saturated heterocycles. The molecule has 0 bridgehead atoms. The first-order valence-electron chi connectivity index (χ1n) is 6.67. The molecule has 1 N–H and O–H groups in total.